The highest BCUT2D eigenvalue weighted by molar-refractivity contribution is 9.10. The number of hydrogen-bond donors (Lipinski definition) is 2. The summed E-state index contributed by atoms with van der Waals surface area (Å²) in [5, 5.41) is 6.86. The summed E-state index contributed by atoms with van der Waals surface area (Å²) in [6, 6.07) is 19.7. The Balaban J connectivity index is 1.60. The van der Waals surface area contributed by atoms with Gasteiger partial charge in [0.1, 0.15) is 12.6 Å². The Labute approximate surface area is 220 Å². The minimum Gasteiger partial charge on any atom is -0.493 e. The first kappa shape index (κ1) is 26.9. The highest BCUT2D eigenvalue weighted by atomic mass is 79.9. The third-order valence-corrected chi connectivity index (χ3v) is 5.96. The summed E-state index contributed by atoms with van der Waals surface area (Å²) in [5.41, 5.74) is 5.82. The lowest BCUT2D eigenvalue weighted by atomic mass is 10.0. The summed E-state index contributed by atoms with van der Waals surface area (Å²) in [7, 11) is 1.56. The molecule has 3 aromatic carbocycles. The molecule has 3 aromatic rings. The van der Waals surface area contributed by atoms with E-state index in [-0.39, 0.29) is 11.8 Å². The molecule has 0 radical (unpaired) electrons. The minimum atomic E-state index is -0.736. The highest BCUT2D eigenvalue weighted by Crippen LogP contribution is 2.28. The van der Waals surface area contributed by atoms with Gasteiger partial charge in [0, 0.05) is 10.0 Å². The predicted octanol–water partition coefficient (Wildman–Crippen LogP) is 5.25. The van der Waals surface area contributed by atoms with Gasteiger partial charge in [0.2, 0.25) is 0 Å². The third-order valence-electron chi connectivity index (χ3n) is 5.43. The molecule has 0 aliphatic rings. The Morgan fingerprint density at radius 1 is 1.00 bits per heavy atom. The highest BCUT2D eigenvalue weighted by Gasteiger charge is 2.24. The number of aryl methyl sites for hydroxylation is 1. The molecule has 0 aromatic heterocycles. The molecule has 188 valence electrons. The number of ether oxygens (including phenoxy) is 2. The Hall–Kier alpha value is -3.65. The van der Waals surface area contributed by atoms with Crippen molar-refractivity contribution in [1.82, 2.24) is 10.7 Å². The largest absolute Gasteiger partial charge is 0.493 e. The van der Waals surface area contributed by atoms with E-state index in [1.165, 1.54) is 6.21 Å². The van der Waals surface area contributed by atoms with Gasteiger partial charge in [-0.25, -0.2) is 5.43 Å². The van der Waals surface area contributed by atoms with E-state index >= 15 is 0 Å². The summed E-state index contributed by atoms with van der Waals surface area (Å²) in [6.07, 6.45) is 1.51. The zero-order valence-electron chi connectivity index (χ0n) is 20.7. The molecule has 7 nitrogen and oxygen atoms in total. The molecule has 0 aliphatic heterocycles. The number of halogens is 1. The second kappa shape index (κ2) is 12.9. The molecule has 0 spiro atoms. The van der Waals surface area contributed by atoms with Crippen LogP contribution in [0.25, 0.3) is 0 Å². The molecular formula is C28H30BrN3O4. The summed E-state index contributed by atoms with van der Waals surface area (Å²) >= 11 is 3.42. The van der Waals surface area contributed by atoms with Gasteiger partial charge in [0.25, 0.3) is 11.8 Å². The van der Waals surface area contributed by atoms with Gasteiger partial charge in [-0.3, -0.25) is 9.59 Å². The van der Waals surface area contributed by atoms with Gasteiger partial charge >= 0.3 is 0 Å². The minimum absolute atomic E-state index is 0.128. The van der Waals surface area contributed by atoms with Gasteiger partial charge in [-0.05, 0) is 66.4 Å². The van der Waals surface area contributed by atoms with E-state index in [1.54, 1.807) is 31.4 Å². The van der Waals surface area contributed by atoms with Crippen LogP contribution in [0.5, 0.6) is 11.5 Å². The van der Waals surface area contributed by atoms with Crippen molar-refractivity contribution in [2.24, 2.45) is 11.0 Å². The third kappa shape index (κ3) is 7.68. The fourth-order valence-corrected chi connectivity index (χ4v) is 3.59. The maximum atomic E-state index is 12.7. The van der Waals surface area contributed by atoms with Crippen LogP contribution >= 0.6 is 15.9 Å². The van der Waals surface area contributed by atoms with Crippen molar-refractivity contribution in [3.8, 4) is 11.5 Å². The van der Waals surface area contributed by atoms with Crippen molar-refractivity contribution in [1.29, 1.82) is 0 Å². The van der Waals surface area contributed by atoms with Crippen LogP contribution in [0.4, 0.5) is 0 Å². The maximum absolute atomic E-state index is 12.7. The summed E-state index contributed by atoms with van der Waals surface area (Å²) in [5.74, 6) is 0.310. The van der Waals surface area contributed by atoms with Crippen LogP contribution in [0.15, 0.2) is 76.3 Å². The lowest BCUT2D eigenvalue weighted by Gasteiger charge is -2.20. The van der Waals surface area contributed by atoms with E-state index < -0.39 is 11.9 Å². The summed E-state index contributed by atoms with van der Waals surface area (Å²) in [4.78, 5) is 25.3. The molecule has 1 unspecified atom stereocenters. The Morgan fingerprint density at radius 2 is 1.69 bits per heavy atom. The SMILES string of the molecule is COc1cc(/C=N\NC(=O)C(NC(=O)c2ccc(C)cc2)C(C)C)ccc1OCc1ccc(Br)cc1. The Morgan fingerprint density at radius 3 is 2.33 bits per heavy atom. The van der Waals surface area contributed by atoms with Crippen molar-refractivity contribution in [2.75, 3.05) is 7.11 Å². The molecule has 0 heterocycles. The van der Waals surface area contributed by atoms with Crippen molar-refractivity contribution in [3.63, 3.8) is 0 Å². The molecule has 0 saturated heterocycles. The Bertz CT molecular complexity index is 1210. The molecule has 1 atom stereocenters. The molecule has 36 heavy (non-hydrogen) atoms. The van der Waals surface area contributed by atoms with Crippen molar-refractivity contribution in [2.45, 2.75) is 33.4 Å². The number of rotatable bonds is 10. The molecule has 2 N–H and O–H groups in total. The molecule has 0 bridgehead atoms. The number of carbonyl (C=O) groups is 2. The number of methoxy groups -OCH3 is 1. The zero-order chi connectivity index (χ0) is 26.1. The molecule has 3 rings (SSSR count). The lowest BCUT2D eigenvalue weighted by molar-refractivity contribution is -0.123. The normalized spacial score (nSPS) is 11.8. The second-order valence-electron chi connectivity index (χ2n) is 8.62. The standard InChI is InChI=1S/C28H30BrN3O4/c1-18(2)26(31-27(33)22-10-5-19(3)6-11-22)28(34)32-30-16-21-9-14-24(25(15-21)35-4)36-17-20-7-12-23(29)13-8-20/h5-16,18,26H,17H2,1-4H3,(H,31,33)(H,32,34)/b30-16-. The van der Waals surface area contributed by atoms with Crippen LogP contribution in [0, 0.1) is 12.8 Å². The summed E-state index contributed by atoms with van der Waals surface area (Å²) < 4.78 is 12.4. The smallest absolute Gasteiger partial charge is 0.262 e. The number of nitrogens with zero attached hydrogens (tertiary/aromatic N) is 1. The number of hydrazone groups is 1. The molecule has 0 saturated carbocycles. The first-order valence-corrected chi connectivity index (χ1v) is 12.3. The van der Waals surface area contributed by atoms with Crippen LogP contribution in [0.1, 0.15) is 40.9 Å². The van der Waals surface area contributed by atoms with Crippen molar-refractivity contribution >= 4 is 34.0 Å². The number of benzene rings is 3. The van der Waals surface area contributed by atoms with Crippen LogP contribution in [0.2, 0.25) is 0 Å². The lowest BCUT2D eigenvalue weighted by Crippen LogP contribution is -2.48. The first-order valence-electron chi connectivity index (χ1n) is 11.5. The predicted molar refractivity (Wildman–Crippen MR) is 144 cm³/mol. The maximum Gasteiger partial charge on any atom is 0.262 e. The monoisotopic (exact) mass is 551 g/mol. The van der Waals surface area contributed by atoms with E-state index in [2.05, 4.69) is 31.8 Å². The van der Waals surface area contributed by atoms with Crippen LogP contribution < -0.4 is 20.2 Å². The molecule has 2 amide bonds. The summed E-state index contributed by atoms with van der Waals surface area (Å²) in [6.45, 7) is 6.07. The second-order valence-corrected chi connectivity index (χ2v) is 9.54. The molecular weight excluding hydrogens is 522 g/mol. The van der Waals surface area contributed by atoms with E-state index in [4.69, 9.17) is 9.47 Å². The molecule has 8 heteroatoms. The first-order chi connectivity index (χ1) is 17.3. The van der Waals surface area contributed by atoms with Gasteiger partial charge in [0.05, 0.1) is 13.3 Å². The molecule has 0 aliphatic carbocycles. The Kier molecular flexibility index (Phi) is 9.64. The van der Waals surface area contributed by atoms with E-state index in [0.717, 1.165) is 15.6 Å². The van der Waals surface area contributed by atoms with Crippen LogP contribution in [0.3, 0.4) is 0 Å². The van der Waals surface area contributed by atoms with Crippen molar-refractivity contribution in [3.05, 3.63) is 93.5 Å². The van der Waals surface area contributed by atoms with E-state index in [0.29, 0.717) is 29.2 Å². The average molecular weight is 552 g/mol. The van der Waals surface area contributed by atoms with E-state index in [1.807, 2.05) is 63.2 Å². The van der Waals surface area contributed by atoms with Crippen LogP contribution in [-0.2, 0) is 11.4 Å². The number of nitrogens with one attached hydrogen (secondary N) is 2. The number of hydrogen-bond acceptors (Lipinski definition) is 5. The van der Waals surface area contributed by atoms with Gasteiger partial charge < -0.3 is 14.8 Å². The van der Waals surface area contributed by atoms with Crippen molar-refractivity contribution < 1.29 is 19.1 Å². The van der Waals surface area contributed by atoms with Gasteiger partial charge in [-0.15, -0.1) is 0 Å². The zero-order valence-corrected chi connectivity index (χ0v) is 22.3. The quantitative estimate of drug-likeness (QED) is 0.266. The van der Waals surface area contributed by atoms with Crippen LogP contribution in [-0.4, -0.2) is 31.2 Å². The fourth-order valence-electron chi connectivity index (χ4n) is 3.33. The average Bonchev–Trinajstić information content (AvgIpc) is 2.87. The van der Waals surface area contributed by atoms with Gasteiger partial charge in [-0.1, -0.05) is 59.6 Å². The fraction of sp³-hybridized carbons (Fsp3) is 0.250. The molecule has 0 fully saturated rings. The van der Waals surface area contributed by atoms with Gasteiger partial charge in [0.15, 0.2) is 11.5 Å². The van der Waals surface area contributed by atoms with E-state index in [9.17, 15) is 9.59 Å². The number of carbonyl (C=O) groups excluding carboxylic acids is 2. The topological polar surface area (TPSA) is 89.0 Å². The number of amides is 2. The van der Waals surface area contributed by atoms with Gasteiger partial charge in [-0.2, -0.15) is 5.10 Å².